The maximum Gasteiger partial charge on any atom is 0.0976 e. The Hall–Kier alpha value is 0.0300. The topological polar surface area (TPSA) is 50.4 Å². The Morgan fingerprint density at radius 1 is 1.22 bits per heavy atom. The Balaban J connectivity index is 2.16. The fourth-order valence-corrected chi connectivity index (χ4v) is 3.85. The number of nitrogens with one attached hydrogen (secondary N) is 2. The third-order valence-electron chi connectivity index (χ3n) is 4.37. The molecule has 0 bridgehead atoms. The molecule has 0 aromatic heterocycles. The van der Waals surface area contributed by atoms with E-state index >= 15 is 0 Å². The van der Waals surface area contributed by atoms with E-state index in [0.717, 1.165) is 32.5 Å². The molecule has 2 fully saturated rings. The van der Waals surface area contributed by atoms with Gasteiger partial charge in [-0.25, -0.2) is 8.93 Å². The maximum absolute atomic E-state index is 12.4. The minimum Gasteiger partial charge on any atom is -0.379 e. The van der Waals surface area contributed by atoms with E-state index in [1.54, 1.807) is 0 Å². The summed E-state index contributed by atoms with van der Waals surface area (Å²) in [4.78, 5) is 0. The number of ether oxygens (including phenoxy) is 1. The Morgan fingerprint density at radius 2 is 1.83 bits per heavy atom. The van der Waals surface area contributed by atoms with Crippen LogP contribution in [-0.4, -0.2) is 40.8 Å². The Bertz CT molecular complexity index is 334. The Labute approximate surface area is 113 Å². The second-order valence-corrected chi connectivity index (χ2v) is 8.80. The molecule has 5 heteroatoms. The van der Waals surface area contributed by atoms with Gasteiger partial charge in [0, 0.05) is 5.41 Å². The molecule has 18 heavy (non-hydrogen) atoms. The van der Waals surface area contributed by atoms with E-state index < -0.39 is 11.0 Å². The minimum atomic E-state index is -1.04. The molecule has 2 atom stereocenters. The lowest BCUT2D eigenvalue weighted by atomic mass is 9.67. The van der Waals surface area contributed by atoms with Gasteiger partial charge >= 0.3 is 0 Å². The smallest absolute Gasteiger partial charge is 0.0976 e. The summed E-state index contributed by atoms with van der Waals surface area (Å²) in [7, 11) is -1.04. The highest BCUT2D eigenvalue weighted by atomic mass is 32.2. The molecule has 1 unspecified atom stereocenters. The lowest BCUT2D eigenvalue weighted by Crippen LogP contribution is -2.60. The van der Waals surface area contributed by atoms with Crippen molar-refractivity contribution in [3.63, 3.8) is 0 Å². The van der Waals surface area contributed by atoms with Crippen LogP contribution in [0.3, 0.4) is 0 Å². The van der Waals surface area contributed by atoms with Crippen molar-refractivity contribution >= 4 is 11.0 Å². The SMILES string of the molecule is CC(C)(C)S(=O)N[C@@]1(C)COCC12CCNCC2. The summed E-state index contributed by atoms with van der Waals surface area (Å²) < 4.78 is 21.3. The molecule has 0 aromatic rings. The van der Waals surface area contributed by atoms with Gasteiger partial charge in [-0.1, -0.05) is 0 Å². The van der Waals surface area contributed by atoms with E-state index in [4.69, 9.17) is 4.74 Å². The third-order valence-corrected chi connectivity index (χ3v) is 6.12. The molecule has 2 saturated heterocycles. The van der Waals surface area contributed by atoms with Crippen LogP contribution in [0.5, 0.6) is 0 Å². The van der Waals surface area contributed by atoms with Crippen LogP contribution in [0.1, 0.15) is 40.5 Å². The number of piperidine rings is 1. The molecule has 0 amide bonds. The Kier molecular flexibility index (Phi) is 3.89. The molecule has 2 aliphatic rings. The molecule has 2 aliphatic heterocycles. The highest BCUT2D eigenvalue weighted by Crippen LogP contribution is 2.45. The molecule has 106 valence electrons. The van der Waals surface area contributed by atoms with Crippen molar-refractivity contribution in [2.75, 3.05) is 26.3 Å². The van der Waals surface area contributed by atoms with Gasteiger partial charge < -0.3 is 10.1 Å². The summed E-state index contributed by atoms with van der Waals surface area (Å²) >= 11 is 0. The van der Waals surface area contributed by atoms with Crippen LogP contribution >= 0.6 is 0 Å². The van der Waals surface area contributed by atoms with Gasteiger partial charge in [-0.15, -0.1) is 0 Å². The van der Waals surface area contributed by atoms with E-state index in [0.29, 0.717) is 6.61 Å². The van der Waals surface area contributed by atoms with Gasteiger partial charge in [-0.2, -0.15) is 0 Å². The fraction of sp³-hybridized carbons (Fsp3) is 1.00. The van der Waals surface area contributed by atoms with Crippen molar-refractivity contribution < 1.29 is 8.95 Å². The van der Waals surface area contributed by atoms with Gasteiger partial charge in [0.1, 0.15) is 0 Å². The van der Waals surface area contributed by atoms with Crippen molar-refractivity contribution in [3.05, 3.63) is 0 Å². The average molecular weight is 274 g/mol. The van der Waals surface area contributed by atoms with E-state index in [-0.39, 0.29) is 15.7 Å². The summed E-state index contributed by atoms with van der Waals surface area (Å²) in [6.45, 7) is 11.7. The van der Waals surface area contributed by atoms with E-state index in [9.17, 15) is 4.21 Å². The zero-order valence-electron chi connectivity index (χ0n) is 12.0. The highest BCUT2D eigenvalue weighted by Gasteiger charge is 2.54. The summed E-state index contributed by atoms with van der Waals surface area (Å²) in [5, 5.41) is 3.40. The molecule has 0 aliphatic carbocycles. The van der Waals surface area contributed by atoms with Gasteiger partial charge in [0.25, 0.3) is 0 Å². The standard InChI is InChI=1S/C13H26N2O2S/c1-11(2,3)18(16)15-12(4)9-17-10-13(12)5-7-14-8-6-13/h14-15H,5-10H2,1-4H3/t12-,18?/m0/s1. The number of hydrogen-bond acceptors (Lipinski definition) is 3. The van der Waals surface area contributed by atoms with Crippen LogP contribution in [0.2, 0.25) is 0 Å². The van der Waals surface area contributed by atoms with Gasteiger partial charge in [-0.05, 0) is 53.6 Å². The predicted octanol–water partition coefficient (Wildman–Crippen LogP) is 1.20. The fourth-order valence-electron chi connectivity index (χ4n) is 2.86. The molecule has 2 rings (SSSR count). The first-order chi connectivity index (χ1) is 8.29. The molecule has 2 N–H and O–H groups in total. The van der Waals surface area contributed by atoms with Crippen LogP contribution in [0.4, 0.5) is 0 Å². The summed E-state index contributed by atoms with van der Waals surface area (Å²) in [5.74, 6) is 0. The average Bonchev–Trinajstić information content (AvgIpc) is 2.56. The first kappa shape index (κ1) is 14.4. The van der Waals surface area contributed by atoms with Crippen molar-refractivity contribution in [1.82, 2.24) is 10.0 Å². The van der Waals surface area contributed by atoms with Crippen LogP contribution in [0, 0.1) is 5.41 Å². The van der Waals surface area contributed by atoms with E-state index in [1.165, 1.54) is 0 Å². The second kappa shape index (κ2) is 4.85. The van der Waals surface area contributed by atoms with Gasteiger partial charge in [0.2, 0.25) is 0 Å². The summed E-state index contributed by atoms with van der Waals surface area (Å²) in [6.07, 6.45) is 2.19. The molecular formula is C13H26N2O2S. The molecule has 1 spiro atoms. The quantitative estimate of drug-likeness (QED) is 0.795. The van der Waals surface area contributed by atoms with Gasteiger partial charge in [0.15, 0.2) is 0 Å². The zero-order valence-corrected chi connectivity index (χ0v) is 12.8. The molecule has 0 aromatic carbocycles. The van der Waals surface area contributed by atoms with Crippen molar-refractivity contribution in [3.8, 4) is 0 Å². The van der Waals surface area contributed by atoms with Crippen LogP contribution in [0.15, 0.2) is 0 Å². The second-order valence-electron chi connectivity index (χ2n) is 6.84. The summed E-state index contributed by atoms with van der Waals surface area (Å²) in [5.41, 5.74) is -0.0353. The minimum absolute atomic E-state index is 0.138. The first-order valence-corrected chi connectivity index (χ1v) is 7.92. The van der Waals surface area contributed by atoms with Gasteiger partial charge in [-0.3, -0.25) is 0 Å². The first-order valence-electron chi connectivity index (χ1n) is 6.77. The lowest BCUT2D eigenvalue weighted by molar-refractivity contribution is 0.108. The van der Waals surface area contributed by atoms with Crippen LogP contribution in [0.25, 0.3) is 0 Å². The van der Waals surface area contributed by atoms with Gasteiger partial charge in [0.05, 0.1) is 34.5 Å². The predicted molar refractivity (Wildman–Crippen MR) is 74.8 cm³/mol. The van der Waals surface area contributed by atoms with Crippen LogP contribution in [-0.2, 0) is 15.7 Å². The molecule has 0 radical (unpaired) electrons. The summed E-state index contributed by atoms with van der Waals surface area (Å²) in [6, 6.07) is 0. The number of rotatable bonds is 2. The van der Waals surface area contributed by atoms with Crippen molar-refractivity contribution in [2.24, 2.45) is 5.41 Å². The zero-order chi connectivity index (χ0) is 13.4. The van der Waals surface area contributed by atoms with Crippen molar-refractivity contribution in [1.29, 1.82) is 0 Å². The maximum atomic E-state index is 12.4. The monoisotopic (exact) mass is 274 g/mol. The number of hydrogen-bond donors (Lipinski definition) is 2. The normalized spacial score (nSPS) is 33.8. The van der Waals surface area contributed by atoms with E-state index in [2.05, 4.69) is 17.0 Å². The van der Waals surface area contributed by atoms with Crippen LogP contribution < -0.4 is 10.0 Å². The molecule has 0 saturated carbocycles. The van der Waals surface area contributed by atoms with Crippen molar-refractivity contribution in [2.45, 2.75) is 50.8 Å². The highest BCUT2D eigenvalue weighted by molar-refractivity contribution is 7.84. The van der Waals surface area contributed by atoms with E-state index in [1.807, 2.05) is 20.8 Å². The lowest BCUT2D eigenvalue weighted by Gasteiger charge is -2.45. The molecule has 4 nitrogen and oxygen atoms in total. The largest absolute Gasteiger partial charge is 0.379 e. The Morgan fingerprint density at radius 3 is 2.39 bits per heavy atom. The molecular weight excluding hydrogens is 248 g/mol. The molecule has 2 heterocycles. The third kappa shape index (κ3) is 2.50.